The molecule has 3 aromatic rings. The fourth-order valence-electron chi connectivity index (χ4n) is 3.94. The molecule has 4 rings (SSSR count). The van der Waals surface area contributed by atoms with Gasteiger partial charge < -0.3 is 4.57 Å². The van der Waals surface area contributed by atoms with E-state index < -0.39 is 0 Å². The van der Waals surface area contributed by atoms with Crippen LogP contribution in [-0.2, 0) is 6.54 Å². The van der Waals surface area contributed by atoms with Gasteiger partial charge in [-0.25, -0.2) is 4.98 Å². The topological polar surface area (TPSA) is 17.8 Å². The predicted octanol–water partition coefficient (Wildman–Crippen LogP) is 6.44. The Balaban J connectivity index is 1.70. The maximum Gasteiger partial charge on any atom is 0.141 e. The lowest BCUT2D eigenvalue weighted by molar-refractivity contribution is 0.326. The Kier molecular flexibility index (Phi) is 4.70. The van der Waals surface area contributed by atoms with E-state index in [0.29, 0.717) is 0 Å². The lowest BCUT2D eigenvalue weighted by Crippen LogP contribution is -2.10. The summed E-state index contributed by atoms with van der Waals surface area (Å²) < 4.78 is 3.53. The molecule has 0 amide bonds. The normalized spacial score (nSPS) is 15.9. The van der Waals surface area contributed by atoms with Gasteiger partial charge in [-0.1, -0.05) is 72.3 Å². The van der Waals surface area contributed by atoms with Crippen molar-refractivity contribution >= 4 is 27.0 Å². The quantitative estimate of drug-likeness (QED) is 0.507. The molecule has 0 radical (unpaired) electrons. The Morgan fingerprint density at radius 1 is 1.00 bits per heavy atom. The average molecular weight is 383 g/mol. The SMILES string of the molecule is Brc1cccc(-c2nc3ccccc3n2CCC2CCCCC2)c1. The van der Waals surface area contributed by atoms with Crippen molar-refractivity contribution in [2.75, 3.05) is 0 Å². The van der Waals surface area contributed by atoms with Crippen LogP contribution in [0.3, 0.4) is 0 Å². The molecule has 1 saturated carbocycles. The van der Waals surface area contributed by atoms with E-state index in [9.17, 15) is 0 Å². The zero-order chi connectivity index (χ0) is 16.4. The Hall–Kier alpha value is -1.61. The Bertz CT molecular complexity index is 831. The molecule has 124 valence electrons. The van der Waals surface area contributed by atoms with Crippen LogP contribution in [0.1, 0.15) is 38.5 Å². The minimum absolute atomic E-state index is 0.885. The number of hydrogen-bond donors (Lipinski definition) is 0. The predicted molar refractivity (Wildman–Crippen MR) is 104 cm³/mol. The van der Waals surface area contributed by atoms with Crippen molar-refractivity contribution < 1.29 is 0 Å². The Morgan fingerprint density at radius 3 is 2.67 bits per heavy atom. The number of aryl methyl sites for hydroxylation is 1. The van der Waals surface area contributed by atoms with Crippen molar-refractivity contribution in [1.29, 1.82) is 0 Å². The zero-order valence-electron chi connectivity index (χ0n) is 13.9. The van der Waals surface area contributed by atoms with E-state index in [1.165, 1.54) is 49.6 Å². The van der Waals surface area contributed by atoms with Crippen LogP contribution < -0.4 is 0 Å². The van der Waals surface area contributed by atoms with Crippen molar-refractivity contribution in [1.82, 2.24) is 9.55 Å². The standard InChI is InChI=1S/C21H23BrN2/c22-18-10-6-9-17(15-18)21-23-19-11-4-5-12-20(19)24(21)14-13-16-7-2-1-3-8-16/h4-6,9-12,15-16H,1-3,7-8,13-14H2. The molecule has 1 heterocycles. The molecule has 3 heteroatoms. The first kappa shape index (κ1) is 15.9. The monoisotopic (exact) mass is 382 g/mol. The number of fused-ring (bicyclic) bond motifs is 1. The van der Waals surface area contributed by atoms with Crippen LogP contribution in [0.4, 0.5) is 0 Å². The van der Waals surface area contributed by atoms with E-state index in [4.69, 9.17) is 4.98 Å². The summed E-state index contributed by atoms with van der Waals surface area (Å²) in [6.07, 6.45) is 8.31. The van der Waals surface area contributed by atoms with Gasteiger partial charge in [-0.3, -0.25) is 0 Å². The molecule has 0 aliphatic heterocycles. The van der Waals surface area contributed by atoms with Gasteiger partial charge in [0.2, 0.25) is 0 Å². The van der Waals surface area contributed by atoms with Crippen LogP contribution in [0.25, 0.3) is 22.4 Å². The van der Waals surface area contributed by atoms with E-state index >= 15 is 0 Å². The number of nitrogens with zero attached hydrogens (tertiary/aromatic N) is 2. The number of rotatable bonds is 4. The first-order valence-corrected chi connectivity index (χ1v) is 9.82. The maximum absolute atomic E-state index is 4.93. The van der Waals surface area contributed by atoms with E-state index in [1.54, 1.807) is 0 Å². The highest BCUT2D eigenvalue weighted by atomic mass is 79.9. The molecule has 0 spiro atoms. The smallest absolute Gasteiger partial charge is 0.141 e. The number of halogens is 1. The average Bonchev–Trinajstić information content (AvgIpc) is 2.99. The number of imidazole rings is 1. The fourth-order valence-corrected chi connectivity index (χ4v) is 4.34. The third-order valence-electron chi connectivity index (χ3n) is 5.22. The Labute approximate surface area is 152 Å². The summed E-state index contributed by atoms with van der Waals surface area (Å²) in [7, 11) is 0. The molecule has 0 N–H and O–H groups in total. The van der Waals surface area contributed by atoms with E-state index in [1.807, 2.05) is 0 Å². The molecular weight excluding hydrogens is 360 g/mol. The van der Waals surface area contributed by atoms with Gasteiger partial charge in [0.25, 0.3) is 0 Å². The molecule has 1 aromatic heterocycles. The van der Waals surface area contributed by atoms with Crippen LogP contribution in [0.5, 0.6) is 0 Å². The molecule has 2 nitrogen and oxygen atoms in total. The minimum Gasteiger partial charge on any atom is -0.324 e. The van der Waals surface area contributed by atoms with Gasteiger partial charge in [-0.15, -0.1) is 0 Å². The molecule has 0 atom stereocenters. The molecule has 2 aromatic carbocycles. The Morgan fingerprint density at radius 2 is 1.83 bits per heavy atom. The van der Waals surface area contributed by atoms with Crippen LogP contribution >= 0.6 is 15.9 Å². The lowest BCUT2D eigenvalue weighted by Gasteiger charge is -2.22. The number of aromatic nitrogens is 2. The third-order valence-corrected chi connectivity index (χ3v) is 5.72. The summed E-state index contributed by atoms with van der Waals surface area (Å²) in [6, 6.07) is 17.0. The third kappa shape index (κ3) is 3.27. The van der Waals surface area contributed by atoms with Crippen LogP contribution in [0.2, 0.25) is 0 Å². The highest BCUT2D eigenvalue weighted by Gasteiger charge is 2.17. The summed E-state index contributed by atoms with van der Waals surface area (Å²) in [5.74, 6) is 1.98. The summed E-state index contributed by atoms with van der Waals surface area (Å²) in [5, 5.41) is 0. The summed E-state index contributed by atoms with van der Waals surface area (Å²) in [5.41, 5.74) is 3.53. The van der Waals surface area contributed by atoms with Crippen LogP contribution in [0.15, 0.2) is 53.0 Å². The molecule has 1 aliphatic carbocycles. The molecule has 0 bridgehead atoms. The first-order chi connectivity index (χ1) is 11.8. The second kappa shape index (κ2) is 7.10. The fraction of sp³-hybridized carbons (Fsp3) is 0.381. The van der Waals surface area contributed by atoms with Crippen molar-refractivity contribution in [2.24, 2.45) is 5.92 Å². The zero-order valence-corrected chi connectivity index (χ0v) is 15.5. The number of hydrogen-bond acceptors (Lipinski definition) is 1. The van der Waals surface area contributed by atoms with Gasteiger partial charge in [0.1, 0.15) is 5.82 Å². The molecule has 1 fully saturated rings. The van der Waals surface area contributed by atoms with Crippen molar-refractivity contribution in [3.8, 4) is 11.4 Å². The van der Waals surface area contributed by atoms with E-state index in [2.05, 4.69) is 69.0 Å². The molecule has 0 saturated heterocycles. The first-order valence-electron chi connectivity index (χ1n) is 9.02. The highest BCUT2D eigenvalue weighted by molar-refractivity contribution is 9.10. The van der Waals surface area contributed by atoms with Crippen molar-refractivity contribution in [2.45, 2.75) is 45.1 Å². The van der Waals surface area contributed by atoms with E-state index in [0.717, 1.165) is 28.3 Å². The summed E-state index contributed by atoms with van der Waals surface area (Å²) in [4.78, 5) is 4.93. The number of benzene rings is 2. The summed E-state index contributed by atoms with van der Waals surface area (Å²) >= 11 is 3.59. The second-order valence-corrected chi connectivity index (χ2v) is 7.79. The van der Waals surface area contributed by atoms with Gasteiger partial charge in [-0.05, 0) is 36.6 Å². The van der Waals surface area contributed by atoms with E-state index in [-0.39, 0.29) is 0 Å². The van der Waals surface area contributed by atoms with Crippen LogP contribution in [0, 0.1) is 5.92 Å². The molecular formula is C21H23BrN2. The molecule has 1 aliphatic rings. The van der Waals surface area contributed by atoms with Gasteiger partial charge in [0, 0.05) is 16.6 Å². The largest absolute Gasteiger partial charge is 0.324 e. The lowest BCUT2D eigenvalue weighted by atomic mass is 9.87. The van der Waals surface area contributed by atoms with Gasteiger partial charge in [0.05, 0.1) is 11.0 Å². The maximum atomic E-state index is 4.93. The molecule has 24 heavy (non-hydrogen) atoms. The molecule has 0 unspecified atom stereocenters. The van der Waals surface area contributed by atoms with Gasteiger partial charge in [-0.2, -0.15) is 0 Å². The van der Waals surface area contributed by atoms with Crippen molar-refractivity contribution in [3.05, 3.63) is 53.0 Å². The minimum atomic E-state index is 0.885. The number of para-hydroxylation sites is 2. The highest BCUT2D eigenvalue weighted by Crippen LogP contribution is 2.30. The summed E-state index contributed by atoms with van der Waals surface area (Å²) in [6.45, 7) is 1.06. The van der Waals surface area contributed by atoms with Crippen molar-refractivity contribution in [3.63, 3.8) is 0 Å². The van der Waals surface area contributed by atoms with Gasteiger partial charge >= 0.3 is 0 Å². The van der Waals surface area contributed by atoms with Crippen LogP contribution in [-0.4, -0.2) is 9.55 Å². The van der Waals surface area contributed by atoms with Gasteiger partial charge in [0.15, 0.2) is 0 Å². The second-order valence-electron chi connectivity index (χ2n) is 6.88.